The third kappa shape index (κ3) is 4.02. The van der Waals surface area contributed by atoms with E-state index in [-0.39, 0.29) is 24.0 Å². The summed E-state index contributed by atoms with van der Waals surface area (Å²) in [4.78, 5) is 29.0. The molecule has 0 spiro atoms. The molecule has 2 atom stereocenters. The number of rotatable bonds is 4. The summed E-state index contributed by atoms with van der Waals surface area (Å²) in [6, 6.07) is 22.7. The Bertz CT molecular complexity index is 1300. The van der Waals surface area contributed by atoms with Gasteiger partial charge in [-0.3, -0.25) is 14.5 Å². The van der Waals surface area contributed by atoms with E-state index in [0.717, 1.165) is 11.3 Å². The minimum absolute atomic E-state index is 0.0121. The van der Waals surface area contributed by atoms with Gasteiger partial charge in [0, 0.05) is 36.1 Å². The van der Waals surface area contributed by atoms with Crippen molar-refractivity contribution in [1.82, 2.24) is 0 Å². The Morgan fingerprint density at radius 2 is 1.65 bits per heavy atom. The molecular weight excluding hydrogens is 469 g/mol. The highest BCUT2D eigenvalue weighted by Crippen LogP contribution is 2.48. The van der Waals surface area contributed by atoms with Crippen LogP contribution < -0.4 is 9.64 Å². The number of carbonyl (C=O) groups is 2. The van der Waals surface area contributed by atoms with Crippen molar-refractivity contribution in [3.63, 3.8) is 0 Å². The second-order valence-corrected chi connectivity index (χ2v) is 9.41. The van der Waals surface area contributed by atoms with Gasteiger partial charge in [-0.25, -0.2) is 0 Å². The van der Waals surface area contributed by atoms with Crippen LogP contribution in [0.5, 0.6) is 5.75 Å². The molecule has 1 amide bonds. The van der Waals surface area contributed by atoms with Crippen molar-refractivity contribution in [1.29, 1.82) is 0 Å². The van der Waals surface area contributed by atoms with Crippen molar-refractivity contribution in [3.05, 3.63) is 105 Å². The van der Waals surface area contributed by atoms with Crippen molar-refractivity contribution >= 4 is 40.6 Å². The fourth-order valence-corrected chi connectivity index (χ4v) is 5.54. The Morgan fingerprint density at radius 1 is 0.882 bits per heavy atom. The second-order valence-electron chi connectivity index (χ2n) is 8.63. The zero-order valence-electron chi connectivity index (χ0n) is 18.6. The lowest BCUT2D eigenvalue weighted by Crippen LogP contribution is -2.41. The zero-order chi connectivity index (χ0) is 23.8. The maximum Gasteiger partial charge on any atom is 0.232 e. The highest BCUT2D eigenvalue weighted by molar-refractivity contribution is 6.42. The Morgan fingerprint density at radius 3 is 2.41 bits per heavy atom. The van der Waals surface area contributed by atoms with Crippen LogP contribution in [0.25, 0.3) is 0 Å². The molecule has 2 unspecified atom stereocenters. The van der Waals surface area contributed by atoms with Crippen LogP contribution >= 0.6 is 23.2 Å². The zero-order valence-corrected chi connectivity index (χ0v) is 20.1. The summed E-state index contributed by atoms with van der Waals surface area (Å²) in [7, 11) is 1.59. The van der Waals surface area contributed by atoms with Crippen LogP contribution in [0.1, 0.15) is 42.2 Å². The van der Waals surface area contributed by atoms with E-state index in [4.69, 9.17) is 27.9 Å². The average Bonchev–Trinajstić information content (AvgIpc) is 2.85. The minimum atomic E-state index is -0.431. The molecule has 0 saturated heterocycles. The van der Waals surface area contributed by atoms with Gasteiger partial charge < -0.3 is 4.74 Å². The van der Waals surface area contributed by atoms with E-state index in [1.165, 1.54) is 0 Å². The van der Waals surface area contributed by atoms with Crippen LogP contribution in [-0.2, 0) is 9.59 Å². The summed E-state index contributed by atoms with van der Waals surface area (Å²) >= 11 is 12.9. The van der Waals surface area contributed by atoms with Gasteiger partial charge in [-0.05, 0) is 41.7 Å². The average molecular weight is 492 g/mol. The van der Waals surface area contributed by atoms with Gasteiger partial charge in [0.1, 0.15) is 5.75 Å². The molecule has 0 aromatic heterocycles. The number of ether oxygens (including phenoxy) is 1. The third-order valence-corrected chi connectivity index (χ3v) is 7.50. The lowest BCUT2D eigenvalue weighted by molar-refractivity contribution is -0.120. The van der Waals surface area contributed by atoms with Crippen molar-refractivity contribution < 1.29 is 14.3 Å². The normalized spacial score (nSPS) is 20.4. The maximum atomic E-state index is 13.7. The van der Waals surface area contributed by atoms with E-state index >= 15 is 0 Å². The molecule has 0 N–H and O–H groups in total. The molecule has 1 aliphatic heterocycles. The van der Waals surface area contributed by atoms with Gasteiger partial charge in [-0.2, -0.15) is 0 Å². The van der Waals surface area contributed by atoms with E-state index in [1.807, 2.05) is 66.7 Å². The molecule has 6 heteroatoms. The fourth-order valence-electron chi connectivity index (χ4n) is 5.10. The van der Waals surface area contributed by atoms with E-state index < -0.39 is 5.92 Å². The fraction of sp³-hybridized carbons (Fsp3) is 0.214. The molecule has 34 heavy (non-hydrogen) atoms. The standard InChI is InChI=1S/C28H23Cl2NO3/c1-34-20-10-5-9-19(15-20)31-24-13-18(17-7-3-2-4-8-17)14-25(32)27(24)22(16-26(31)33)21-11-6-12-23(29)28(21)30/h2-12,15,18,22H,13-14,16H2,1H3. The van der Waals surface area contributed by atoms with Crippen molar-refractivity contribution in [2.75, 3.05) is 12.0 Å². The predicted octanol–water partition coefficient (Wildman–Crippen LogP) is 6.92. The summed E-state index contributed by atoms with van der Waals surface area (Å²) in [5.74, 6) is 0.155. The number of ketones is 1. The number of halogens is 2. The summed E-state index contributed by atoms with van der Waals surface area (Å²) < 4.78 is 5.39. The third-order valence-electron chi connectivity index (χ3n) is 6.67. The van der Waals surface area contributed by atoms with E-state index in [9.17, 15) is 9.59 Å². The summed E-state index contributed by atoms with van der Waals surface area (Å²) in [6.45, 7) is 0. The molecule has 4 nitrogen and oxygen atoms in total. The Kier molecular flexibility index (Phi) is 6.20. The minimum Gasteiger partial charge on any atom is -0.497 e. The first-order chi connectivity index (χ1) is 16.5. The van der Waals surface area contributed by atoms with Gasteiger partial charge in [0.2, 0.25) is 5.91 Å². The van der Waals surface area contributed by atoms with Crippen LogP contribution in [0, 0.1) is 0 Å². The van der Waals surface area contributed by atoms with Crippen LogP contribution in [0.4, 0.5) is 5.69 Å². The highest BCUT2D eigenvalue weighted by atomic mass is 35.5. The van der Waals surface area contributed by atoms with Gasteiger partial charge in [-0.15, -0.1) is 0 Å². The Balaban J connectivity index is 1.68. The summed E-state index contributed by atoms with van der Waals surface area (Å²) in [6.07, 6.45) is 1.10. The quantitative estimate of drug-likeness (QED) is 0.397. The maximum absolute atomic E-state index is 13.7. The van der Waals surface area contributed by atoms with Gasteiger partial charge in [-0.1, -0.05) is 71.7 Å². The number of allylic oxidation sites excluding steroid dienone is 2. The van der Waals surface area contributed by atoms with Crippen LogP contribution in [0.15, 0.2) is 84.1 Å². The monoisotopic (exact) mass is 491 g/mol. The topological polar surface area (TPSA) is 46.6 Å². The smallest absolute Gasteiger partial charge is 0.232 e. The first-order valence-corrected chi connectivity index (χ1v) is 12.0. The van der Waals surface area contributed by atoms with E-state index in [1.54, 1.807) is 18.1 Å². The number of carbonyl (C=O) groups excluding carboxylic acids is 2. The van der Waals surface area contributed by atoms with Crippen LogP contribution in [0.3, 0.4) is 0 Å². The van der Waals surface area contributed by atoms with Gasteiger partial charge >= 0.3 is 0 Å². The number of benzene rings is 3. The van der Waals surface area contributed by atoms with Gasteiger partial charge in [0.25, 0.3) is 0 Å². The largest absolute Gasteiger partial charge is 0.497 e. The number of hydrogen-bond acceptors (Lipinski definition) is 3. The number of hydrogen-bond donors (Lipinski definition) is 0. The lowest BCUT2D eigenvalue weighted by Gasteiger charge is -2.40. The number of methoxy groups -OCH3 is 1. The first kappa shape index (κ1) is 22.7. The molecule has 172 valence electrons. The molecule has 0 fully saturated rings. The van der Waals surface area contributed by atoms with Crippen LogP contribution in [-0.4, -0.2) is 18.8 Å². The molecule has 3 aromatic carbocycles. The molecule has 0 bridgehead atoms. The van der Waals surface area contributed by atoms with Gasteiger partial charge in [0.05, 0.1) is 22.8 Å². The Hall–Kier alpha value is -3.08. The molecule has 2 aliphatic rings. The molecule has 5 rings (SSSR count). The predicted molar refractivity (Wildman–Crippen MR) is 135 cm³/mol. The molecule has 0 radical (unpaired) electrons. The molecule has 1 heterocycles. The second kappa shape index (κ2) is 9.28. The molecule has 0 saturated carbocycles. The lowest BCUT2D eigenvalue weighted by atomic mass is 9.72. The van der Waals surface area contributed by atoms with Crippen molar-refractivity contribution in [2.24, 2.45) is 0 Å². The van der Waals surface area contributed by atoms with E-state index in [2.05, 4.69) is 0 Å². The molecule has 1 aliphatic carbocycles. The molecule has 3 aromatic rings. The number of Topliss-reactive ketones (excluding diaryl/α,β-unsaturated/α-hetero) is 1. The Labute approximate surface area is 208 Å². The van der Waals surface area contributed by atoms with Gasteiger partial charge in [0.15, 0.2) is 5.78 Å². The first-order valence-electron chi connectivity index (χ1n) is 11.2. The van der Waals surface area contributed by atoms with E-state index in [0.29, 0.717) is 45.5 Å². The number of anilines is 1. The number of nitrogens with zero attached hydrogens (tertiary/aromatic N) is 1. The van der Waals surface area contributed by atoms with Crippen molar-refractivity contribution in [3.8, 4) is 5.75 Å². The SMILES string of the molecule is COc1cccc(N2C(=O)CC(c3cccc(Cl)c3Cl)C3=C2CC(c2ccccc2)CC3=O)c1. The van der Waals surface area contributed by atoms with Crippen LogP contribution in [0.2, 0.25) is 10.0 Å². The number of amides is 1. The van der Waals surface area contributed by atoms with Crippen molar-refractivity contribution in [2.45, 2.75) is 31.1 Å². The summed E-state index contributed by atoms with van der Waals surface area (Å²) in [5.41, 5.74) is 3.87. The molecular formula is C28H23Cl2NO3. The summed E-state index contributed by atoms with van der Waals surface area (Å²) in [5, 5.41) is 0.802. The highest BCUT2D eigenvalue weighted by Gasteiger charge is 2.43.